The Morgan fingerprint density at radius 2 is 1.89 bits per heavy atom. The van der Waals surface area contributed by atoms with Crippen LogP contribution in [0.1, 0.15) is 5.56 Å². The highest BCUT2D eigenvalue weighted by Crippen LogP contribution is 2.36. The van der Waals surface area contributed by atoms with Gasteiger partial charge >= 0.3 is 0 Å². The van der Waals surface area contributed by atoms with E-state index in [4.69, 9.17) is 13.9 Å². The third kappa shape index (κ3) is 3.14. The lowest BCUT2D eigenvalue weighted by Gasteiger charge is -2.01. The Labute approximate surface area is 167 Å². The van der Waals surface area contributed by atoms with E-state index in [1.54, 1.807) is 24.4 Å². The molecule has 0 atom stereocenters. The van der Waals surface area contributed by atoms with Crippen LogP contribution in [0.15, 0.2) is 68.5 Å². The Kier molecular flexibility index (Phi) is 4.09. The molecular weight excluding hydrogens is 427 g/mol. The van der Waals surface area contributed by atoms with Crippen molar-refractivity contribution in [3.05, 3.63) is 70.5 Å². The van der Waals surface area contributed by atoms with Gasteiger partial charge in [-0.1, -0.05) is 6.07 Å². The predicted molar refractivity (Wildman–Crippen MR) is 107 cm³/mol. The van der Waals surface area contributed by atoms with Crippen LogP contribution in [0.3, 0.4) is 0 Å². The molecule has 5 rings (SSSR count). The highest BCUT2D eigenvalue weighted by molar-refractivity contribution is 9.10. The second-order valence-electron chi connectivity index (χ2n) is 6.17. The van der Waals surface area contributed by atoms with E-state index >= 15 is 0 Å². The molecule has 1 aliphatic heterocycles. The second kappa shape index (κ2) is 6.76. The van der Waals surface area contributed by atoms with Gasteiger partial charge < -0.3 is 13.9 Å². The van der Waals surface area contributed by atoms with Gasteiger partial charge in [0.25, 0.3) is 0 Å². The van der Waals surface area contributed by atoms with Crippen molar-refractivity contribution in [2.45, 2.75) is 0 Å². The van der Waals surface area contributed by atoms with Crippen molar-refractivity contribution in [3.63, 3.8) is 0 Å². The minimum atomic E-state index is -0.334. The standard InChI is InChI=1S/C21H12BrFN2O3/c22-16-9-20-19(26-11-27-20)7-13(16)10-24-15-4-5-18-17(8-15)25-21(28-18)12-2-1-3-14(23)6-12/h1-10H,11H2. The summed E-state index contributed by atoms with van der Waals surface area (Å²) in [5.41, 5.74) is 3.44. The molecule has 0 bridgehead atoms. The summed E-state index contributed by atoms with van der Waals surface area (Å²) in [6, 6.07) is 15.3. The van der Waals surface area contributed by atoms with Gasteiger partial charge in [-0.3, -0.25) is 4.99 Å². The van der Waals surface area contributed by atoms with Crippen molar-refractivity contribution in [2.75, 3.05) is 6.79 Å². The molecule has 0 saturated heterocycles. The fourth-order valence-electron chi connectivity index (χ4n) is 2.92. The maximum Gasteiger partial charge on any atom is 0.231 e. The zero-order valence-electron chi connectivity index (χ0n) is 14.4. The molecule has 28 heavy (non-hydrogen) atoms. The molecule has 7 heteroatoms. The summed E-state index contributed by atoms with van der Waals surface area (Å²) in [6.07, 6.45) is 1.74. The van der Waals surface area contributed by atoms with E-state index in [9.17, 15) is 4.39 Å². The molecule has 5 nitrogen and oxygen atoms in total. The Morgan fingerprint density at radius 1 is 1.04 bits per heavy atom. The first-order valence-electron chi connectivity index (χ1n) is 8.45. The summed E-state index contributed by atoms with van der Waals surface area (Å²) < 4.78 is 30.8. The first kappa shape index (κ1) is 16.9. The predicted octanol–water partition coefficient (Wildman–Crippen LogP) is 5.88. The summed E-state index contributed by atoms with van der Waals surface area (Å²) in [6.45, 7) is 0.221. The lowest BCUT2D eigenvalue weighted by molar-refractivity contribution is 0.174. The average Bonchev–Trinajstić information content (AvgIpc) is 3.32. The van der Waals surface area contributed by atoms with Crippen molar-refractivity contribution in [3.8, 4) is 23.0 Å². The number of oxazole rings is 1. The van der Waals surface area contributed by atoms with Gasteiger partial charge in [0.15, 0.2) is 17.1 Å². The minimum Gasteiger partial charge on any atom is -0.454 e. The normalized spacial score (nSPS) is 12.9. The number of aliphatic imine (C=N–C) groups is 1. The van der Waals surface area contributed by atoms with Crippen LogP contribution in [0.2, 0.25) is 0 Å². The zero-order valence-corrected chi connectivity index (χ0v) is 15.9. The molecular formula is C21H12BrFN2O3. The SMILES string of the molecule is Fc1cccc(-c2nc3cc(N=Cc4cc5c(cc4Br)OCO5)ccc3o2)c1. The lowest BCUT2D eigenvalue weighted by atomic mass is 10.2. The fraction of sp³-hybridized carbons (Fsp3) is 0.0476. The first-order chi connectivity index (χ1) is 13.7. The van der Waals surface area contributed by atoms with Gasteiger partial charge in [-0.2, -0.15) is 0 Å². The van der Waals surface area contributed by atoms with Crippen molar-refractivity contribution in [1.82, 2.24) is 4.98 Å². The largest absolute Gasteiger partial charge is 0.454 e. The maximum absolute atomic E-state index is 13.4. The molecule has 1 aromatic heterocycles. The first-order valence-corrected chi connectivity index (χ1v) is 9.25. The van der Waals surface area contributed by atoms with Crippen molar-refractivity contribution < 1.29 is 18.3 Å². The molecule has 1 aliphatic rings. The highest BCUT2D eigenvalue weighted by Gasteiger charge is 2.15. The summed E-state index contributed by atoms with van der Waals surface area (Å²) in [5, 5.41) is 0. The van der Waals surface area contributed by atoms with Gasteiger partial charge in [0.1, 0.15) is 11.3 Å². The van der Waals surface area contributed by atoms with Crippen molar-refractivity contribution in [2.24, 2.45) is 4.99 Å². The number of rotatable bonds is 3. The van der Waals surface area contributed by atoms with Gasteiger partial charge in [0, 0.05) is 21.8 Å². The van der Waals surface area contributed by atoms with E-state index in [-0.39, 0.29) is 12.6 Å². The van der Waals surface area contributed by atoms with Crippen LogP contribution in [0.25, 0.3) is 22.6 Å². The Hall–Kier alpha value is -3.19. The number of halogens is 2. The highest BCUT2D eigenvalue weighted by atomic mass is 79.9. The van der Waals surface area contributed by atoms with Gasteiger partial charge in [-0.25, -0.2) is 9.37 Å². The maximum atomic E-state index is 13.4. The van der Waals surface area contributed by atoms with Crippen LogP contribution in [-0.2, 0) is 0 Å². The molecule has 2 heterocycles. The Morgan fingerprint density at radius 3 is 2.75 bits per heavy atom. The third-order valence-electron chi connectivity index (χ3n) is 4.29. The number of hydrogen-bond acceptors (Lipinski definition) is 5. The number of nitrogens with zero attached hydrogens (tertiary/aromatic N) is 2. The van der Waals surface area contributed by atoms with E-state index in [1.807, 2.05) is 24.3 Å². The molecule has 4 aromatic rings. The molecule has 0 N–H and O–H groups in total. The Balaban J connectivity index is 1.46. The van der Waals surface area contributed by atoms with Gasteiger partial charge in [0.2, 0.25) is 12.7 Å². The average molecular weight is 439 g/mol. The molecule has 0 amide bonds. The number of fused-ring (bicyclic) bond motifs is 2. The molecule has 3 aromatic carbocycles. The molecule has 0 fully saturated rings. The number of benzene rings is 3. The molecule has 0 radical (unpaired) electrons. The van der Waals surface area contributed by atoms with Crippen LogP contribution in [0.5, 0.6) is 11.5 Å². The smallest absolute Gasteiger partial charge is 0.231 e. The topological polar surface area (TPSA) is 56.9 Å². The molecule has 0 saturated carbocycles. The van der Waals surface area contributed by atoms with Crippen LogP contribution in [0.4, 0.5) is 10.1 Å². The van der Waals surface area contributed by atoms with E-state index in [0.717, 1.165) is 15.7 Å². The summed E-state index contributed by atoms with van der Waals surface area (Å²) in [4.78, 5) is 8.97. The number of ether oxygens (including phenoxy) is 2. The van der Waals surface area contributed by atoms with Gasteiger partial charge in [-0.05, 0) is 64.5 Å². The quantitative estimate of drug-likeness (QED) is 0.375. The summed E-state index contributed by atoms with van der Waals surface area (Å²) >= 11 is 3.51. The summed E-state index contributed by atoms with van der Waals surface area (Å²) in [7, 11) is 0. The van der Waals surface area contributed by atoms with E-state index in [2.05, 4.69) is 25.9 Å². The van der Waals surface area contributed by atoms with Gasteiger partial charge in [0.05, 0.1) is 5.69 Å². The lowest BCUT2D eigenvalue weighted by Crippen LogP contribution is -1.92. The summed E-state index contributed by atoms with van der Waals surface area (Å²) in [5.74, 6) is 1.43. The minimum absolute atomic E-state index is 0.221. The van der Waals surface area contributed by atoms with E-state index in [0.29, 0.717) is 34.1 Å². The van der Waals surface area contributed by atoms with E-state index in [1.165, 1.54) is 12.1 Å². The van der Waals surface area contributed by atoms with Crippen LogP contribution in [0, 0.1) is 5.82 Å². The van der Waals surface area contributed by atoms with Crippen molar-refractivity contribution in [1.29, 1.82) is 0 Å². The van der Waals surface area contributed by atoms with Gasteiger partial charge in [-0.15, -0.1) is 0 Å². The third-order valence-corrected chi connectivity index (χ3v) is 4.97. The molecule has 138 valence electrons. The fourth-order valence-corrected chi connectivity index (χ4v) is 3.34. The number of hydrogen-bond donors (Lipinski definition) is 0. The molecule has 0 spiro atoms. The Bertz CT molecular complexity index is 1240. The van der Waals surface area contributed by atoms with E-state index < -0.39 is 0 Å². The molecule has 0 unspecified atom stereocenters. The van der Waals surface area contributed by atoms with Crippen LogP contribution in [-0.4, -0.2) is 18.0 Å². The number of aromatic nitrogens is 1. The van der Waals surface area contributed by atoms with Crippen molar-refractivity contribution >= 4 is 38.9 Å². The molecule has 0 aliphatic carbocycles. The van der Waals surface area contributed by atoms with Crippen LogP contribution < -0.4 is 9.47 Å². The van der Waals surface area contributed by atoms with Crippen LogP contribution >= 0.6 is 15.9 Å². The monoisotopic (exact) mass is 438 g/mol. The second-order valence-corrected chi connectivity index (χ2v) is 7.02. The zero-order chi connectivity index (χ0) is 19.1.